The topological polar surface area (TPSA) is 29.4 Å². The van der Waals surface area contributed by atoms with Crippen LogP contribution in [0, 0.1) is 0 Å². The van der Waals surface area contributed by atoms with Crippen LogP contribution in [-0.2, 0) is 9.73 Å². The number of hydrogen-bond acceptors (Lipinski definition) is 3. The van der Waals surface area contributed by atoms with Crippen molar-refractivity contribution in [1.82, 2.24) is 0 Å². The van der Waals surface area contributed by atoms with Gasteiger partial charge in [-0.25, -0.2) is 4.21 Å². The third-order valence-corrected chi connectivity index (χ3v) is 4.88. The molecule has 0 saturated heterocycles. The maximum absolute atomic E-state index is 11.8. The van der Waals surface area contributed by atoms with Crippen molar-refractivity contribution in [2.75, 3.05) is 11.5 Å². The maximum atomic E-state index is 11.8. The van der Waals surface area contributed by atoms with Crippen LogP contribution in [0.1, 0.15) is 13.8 Å². The second-order valence-electron chi connectivity index (χ2n) is 2.39. The molecule has 0 aliphatic heterocycles. The van der Waals surface area contributed by atoms with Gasteiger partial charge in [0.1, 0.15) is 5.00 Å². The Balaban J connectivity index is 3.02. The number of nitrogens with zero attached hydrogens (tertiary/aromatic N) is 1. The minimum atomic E-state index is -1.95. The fourth-order valence-corrected chi connectivity index (χ4v) is 2.91. The molecule has 0 aromatic carbocycles. The predicted molar refractivity (Wildman–Crippen MR) is 55.6 cm³/mol. The summed E-state index contributed by atoms with van der Waals surface area (Å²) in [5.41, 5.74) is 0. The van der Waals surface area contributed by atoms with Crippen LogP contribution in [0.3, 0.4) is 0 Å². The quantitative estimate of drug-likeness (QED) is 0.742. The molecule has 0 aliphatic rings. The van der Waals surface area contributed by atoms with E-state index in [2.05, 4.69) is 4.36 Å². The van der Waals surface area contributed by atoms with Crippen molar-refractivity contribution in [2.24, 2.45) is 4.36 Å². The Morgan fingerprint density at radius 1 is 1.50 bits per heavy atom. The van der Waals surface area contributed by atoms with Gasteiger partial charge in [0.05, 0.1) is 9.73 Å². The molecule has 0 aliphatic carbocycles. The van der Waals surface area contributed by atoms with Crippen LogP contribution in [0.15, 0.2) is 21.9 Å². The number of rotatable bonds is 3. The van der Waals surface area contributed by atoms with E-state index in [0.717, 1.165) is 5.00 Å². The molecule has 0 atom stereocenters. The Morgan fingerprint density at radius 2 is 2.17 bits per heavy atom. The van der Waals surface area contributed by atoms with Gasteiger partial charge in [0.15, 0.2) is 0 Å². The fourth-order valence-electron chi connectivity index (χ4n) is 0.819. The standard InChI is InChI=1S/C8H13NOS2/c1-3-12(10,4-2)9-8-6-5-7-11-8/h5-7H,3-4H2,1-2H3. The van der Waals surface area contributed by atoms with Crippen LogP contribution < -0.4 is 0 Å². The van der Waals surface area contributed by atoms with Gasteiger partial charge in [-0.3, -0.25) is 0 Å². The molecular formula is C8H13NOS2. The SMILES string of the molecule is CCS(=O)(CC)=Nc1cccs1. The van der Waals surface area contributed by atoms with Gasteiger partial charge in [-0.2, -0.15) is 4.36 Å². The Kier molecular flexibility index (Phi) is 3.29. The molecule has 1 heterocycles. The van der Waals surface area contributed by atoms with Gasteiger partial charge in [-0.1, -0.05) is 13.8 Å². The van der Waals surface area contributed by atoms with Crippen molar-refractivity contribution in [3.8, 4) is 0 Å². The van der Waals surface area contributed by atoms with Crippen LogP contribution in [0.5, 0.6) is 0 Å². The molecule has 0 saturated carbocycles. The molecule has 2 nitrogen and oxygen atoms in total. The van der Waals surface area contributed by atoms with Crippen molar-refractivity contribution in [2.45, 2.75) is 13.8 Å². The Morgan fingerprint density at radius 3 is 2.58 bits per heavy atom. The largest absolute Gasteiger partial charge is 0.249 e. The van der Waals surface area contributed by atoms with E-state index in [1.54, 1.807) is 0 Å². The summed E-state index contributed by atoms with van der Waals surface area (Å²) in [6.07, 6.45) is 0. The first-order valence-electron chi connectivity index (χ1n) is 3.96. The Bertz CT molecular complexity index is 324. The minimum Gasteiger partial charge on any atom is -0.249 e. The molecule has 1 aromatic rings. The molecule has 4 heteroatoms. The van der Waals surface area contributed by atoms with Crippen molar-refractivity contribution in [3.63, 3.8) is 0 Å². The second-order valence-corrected chi connectivity index (χ2v) is 6.20. The number of thiophene rings is 1. The lowest BCUT2D eigenvalue weighted by atomic mass is 10.6. The van der Waals surface area contributed by atoms with Crippen LogP contribution in [0.4, 0.5) is 5.00 Å². The van der Waals surface area contributed by atoms with Crippen LogP contribution in [0.25, 0.3) is 0 Å². The van der Waals surface area contributed by atoms with Crippen LogP contribution in [0.2, 0.25) is 0 Å². The summed E-state index contributed by atoms with van der Waals surface area (Å²) < 4.78 is 16.1. The van der Waals surface area contributed by atoms with Crippen LogP contribution >= 0.6 is 11.3 Å². The minimum absolute atomic E-state index is 0.640. The molecule has 0 bridgehead atoms. The summed E-state index contributed by atoms with van der Waals surface area (Å²) in [7, 11) is -1.95. The lowest BCUT2D eigenvalue weighted by molar-refractivity contribution is 0.678. The summed E-state index contributed by atoms with van der Waals surface area (Å²) in [5.74, 6) is 1.28. The Labute approximate surface area is 77.8 Å². The first kappa shape index (κ1) is 9.74. The molecule has 0 N–H and O–H groups in total. The van der Waals surface area contributed by atoms with Gasteiger partial charge in [0.2, 0.25) is 0 Å². The highest BCUT2D eigenvalue weighted by Gasteiger charge is 2.02. The zero-order valence-corrected chi connectivity index (χ0v) is 8.95. The van der Waals surface area contributed by atoms with Gasteiger partial charge in [-0.05, 0) is 17.5 Å². The lowest BCUT2D eigenvalue weighted by Gasteiger charge is -2.01. The molecule has 0 fully saturated rings. The monoisotopic (exact) mass is 203 g/mol. The van der Waals surface area contributed by atoms with Crippen LogP contribution in [-0.4, -0.2) is 15.7 Å². The van der Waals surface area contributed by atoms with E-state index < -0.39 is 9.73 Å². The van der Waals surface area contributed by atoms with Gasteiger partial charge in [0.25, 0.3) is 0 Å². The van der Waals surface area contributed by atoms with Gasteiger partial charge < -0.3 is 0 Å². The predicted octanol–water partition coefficient (Wildman–Crippen LogP) is 2.89. The second kappa shape index (κ2) is 4.05. The third kappa shape index (κ3) is 2.32. The highest BCUT2D eigenvalue weighted by Crippen LogP contribution is 2.21. The summed E-state index contributed by atoms with van der Waals surface area (Å²) in [5, 5.41) is 2.83. The van der Waals surface area contributed by atoms with Gasteiger partial charge in [-0.15, -0.1) is 11.3 Å². The molecule has 0 spiro atoms. The molecule has 68 valence electrons. The van der Waals surface area contributed by atoms with E-state index in [1.807, 2.05) is 31.4 Å². The lowest BCUT2D eigenvalue weighted by Crippen LogP contribution is -2.04. The van der Waals surface area contributed by atoms with E-state index >= 15 is 0 Å². The third-order valence-electron chi connectivity index (χ3n) is 1.66. The average molecular weight is 203 g/mol. The molecule has 0 radical (unpaired) electrons. The first-order valence-corrected chi connectivity index (χ1v) is 6.69. The molecule has 1 rings (SSSR count). The van der Waals surface area contributed by atoms with Crippen molar-refractivity contribution < 1.29 is 4.21 Å². The fraction of sp³-hybridized carbons (Fsp3) is 0.500. The molecule has 0 unspecified atom stereocenters. The summed E-state index contributed by atoms with van der Waals surface area (Å²) in [4.78, 5) is 0. The van der Waals surface area contributed by atoms with E-state index in [0.29, 0.717) is 11.5 Å². The van der Waals surface area contributed by atoms with Crippen molar-refractivity contribution >= 4 is 26.1 Å². The van der Waals surface area contributed by atoms with E-state index in [-0.39, 0.29) is 0 Å². The normalized spacial score (nSPS) is 11.5. The molecule has 1 aromatic heterocycles. The first-order chi connectivity index (χ1) is 5.70. The molecule has 12 heavy (non-hydrogen) atoms. The summed E-state index contributed by atoms with van der Waals surface area (Å²) >= 11 is 1.53. The highest BCUT2D eigenvalue weighted by molar-refractivity contribution is 7.93. The molecule has 0 amide bonds. The van der Waals surface area contributed by atoms with Gasteiger partial charge >= 0.3 is 0 Å². The average Bonchev–Trinajstić information content (AvgIpc) is 2.57. The number of hydrogen-bond donors (Lipinski definition) is 0. The Hall–Kier alpha value is -0.350. The smallest absolute Gasteiger partial charge is 0.126 e. The summed E-state index contributed by atoms with van der Waals surface area (Å²) in [6, 6.07) is 3.82. The van der Waals surface area contributed by atoms with E-state index in [1.165, 1.54) is 11.3 Å². The van der Waals surface area contributed by atoms with Crippen molar-refractivity contribution in [3.05, 3.63) is 17.5 Å². The molecular weight excluding hydrogens is 190 g/mol. The zero-order chi connectivity index (χ0) is 9.03. The van der Waals surface area contributed by atoms with Crippen molar-refractivity contribution in [1.29, 1.82) is 0 Å². The summed E-state index contributed by atoms with van der Waals surface area (Å²) in [6.45, 7) is 3.84. The highest BCUT2D eigenvalue weighted by atomic mass is 32.2. The van der Waals surface area contributed by atoms with E-state index in [9.17, 15) is 4.21 Å². The zero-order valence-electron chi connectivity index (χ0n) is 7.32. The van der Waals surface area contributed by atoms with Gasteiger partial charge in [0, 0.05) is 11.5 Å². The maximum Gasteiger partial charge on any atom is 0.126 e. The van der Waals surface area contributed by atoms with E-state index in [4.69, 9.17) is 0 Å².